The fourth-order valence-corrected chi connectivity index (χ4v) is 3.47. The average Bonchev–Trinajstić information content (AvgIpc) is 2.74. The number of hydrogen-bond acceptors (Lipinski definition) is 7. The minimum Gasteiger partial charge on any atom is -0.378 e. The molecule has 0 bridgehead atoms. The molecule has 1 saturated heterocycles. The van der Waals surface area contributed by atoms with Crippen LogP contribution in [0, 0.1) is 6.92 Å². The maximum Gasteiger partial charge on any atom is 0.136 e. The standard InChI is InChI=1S/C22H27N7/c1-17-24-20(26-18-7-9-19(10-8-18)27(2)3)16-22(25-17)29-14-12-28(13-15-29)21-6-4-5-11-23-21/h4-11,16H,12-15H2,1-3H3,(H,24,25,26). The van der Waals surface area contributed by atoms with Gasteiger partial charge in [-0.3, -0.25) is 0 Å². The Morgan fingerprint density at radius 1 is 0.862 bits per heavy atom. The van der Waals surface area contributed by atoms with Crippen molar-refractivity contribution in [3.05, 3.63) is 60.6 Å². The van der Waals surface area contributed by atoms with E-state index < -0.39 is 0 Å². The monoisotopic (exact) mass is 389 g/mol. The summed E-state index contributed by atoms with van der Waals surface area (Å²) in [4.78, 5) is 20.4. The largest absolute Gasteiger partial charge is 0.378 e. The van der Waals surface area contributed by atoms with Gasteiger partial charge in [0.1, 0.15) is 23.3 Å². The van der Waals surface area contributed by atoms with Gasteiger partial charge in [-0.2, -0.15) is 0 Å². The molecule has 7 heteroatoms. The Morgan fingerprint density at radius 3 is 2.17 bits per heavy atom. The number of anilines is 5. The predicted molar refractivity (Wildman–Crippen MR) is 119 cm³/mol. The van der Waals surface area contributed by atoms with Gasteiger partial charge in [-0.25, -0.2) is 15.0 Å². The maximum atomic E-state index is 4.67. The second kappa shape index (κ2) is 8.34. The van der Waals surface area contributed by atoms with Gasteiger partial charge in [-0.1, -0.05) is 6.07 Å². The molecule has 3 aromatic rings. The number of hydrogen-bond donors (Lipinski definition) is 1. The van der Waals surface area contributed by atoms with Gasteiger partial charge in [0.2, 0.25) is 0 Å². The lowest BCUT2D eigenvalue weighted by atomic mass is 10.2. The molecule has 2 aromatic heterocycles. The third-order valence-corrected chi connectivity index (χ3v) is 5.06. The van der Waals surface area contributed by atoms with E-state index in [0.717, 1.165) is 55.1 Å². The second-order valence-electron chi connectivity index (χ2n) is 7.39. The van der Waals surface area contributed by atoms with Gasteiger partial charge in [-0.15, -0.1) is 0 Å². The Kier molecular flexibility index (Phi) is 5.46. The Labute approximate surface area is 172 Å². The lowest BCUT2D eigenvalue weighted by Gasteiger charge is -2.36. The zero-order chi connectivity index (χ0) is 20.2. The number of nitrogens with zero attached hydrogens (tertiary/aromatic N) is 6. The van der Waals surface area contributed by atoms with E-state index in [9.17, 15) is 0 Å². The first-order valence-electron chi connectivity index (χ1n) is 9.89. The van der Waals surface area contributed by atoms with Crippen molar-refractivity contribution in [3.63, 3.8) is 0 Å². The number of rotatable bonds is 5. The van der Waals surface area contributed by atoms with Crippen LogP contribution < -0.4 is 20.0 Å². The summed E-state index contributed by atoms with van der Waals surface area (Å²) in [5.41, 5.74) is 2.18. The van der Waals surface area contributed by atoms with E-state index >= 15 is 0 Å². The van der Waals surface area contributed by atoms with Crippen molar-refractivity contribution < 1.29 is 0 Å². The Bertz CT molecular complexity index is 933. The molecule has 3 heterocycles. The van der Waals surface area contributed by atoms with Crippen molar-refractivity contribution in [2.45, 2.75) is 6.92 Å². The summed E-state index contributed by atoms with van der Waals surface area (Å²) in [7, 11) is 4.08. The van der Waals surface area contributed by atoms with Gasteiger partial charge >= 0.3 is 0 Å². The molecule has 1 fully saturated rings. The van der Waals surface area contributed by atoms with E-state index in [1.54, 1.807) is 0 Å². The van der Waals surface area contributed by atoms with Crippen LogP contribution in [0.2, 0.25) is 0 Å². The molecular weight excluding hydrogens is 362 g/mol. The molecule has 7 nitrogen and oxygen atoms in total. The van der Waals surface area contributed by atoms with Crippen LogP contribution in [0.15, 0.2) is 54.7 Å². The normalized spacial score (nSPS) is 14.0. The van der Waals surface area contributed by atoms with Crippen LogP contribution in [-0.4, -0.2) is 55.2 Å². The fourth-order valence-electron chi connectivity index (χ4n) is 3.47. The van der Waals surface area contributed by atoms with Crippen LogP contribution in [0.3, 0.4) is 0 Å². The first-order chi connectivity index (χ1) is 14.1. The lowest BCUT2D eigenvalue weighted by molar-refractivity contribution is 0.640. The van der Waals surface area contributed by atoms with Gasteiger partial charge < -0.3 is 20.0 Å². The van der Waals surface area contributed by atoms with Crippen molar-refractivity contribution in [2.24, 2.45) is 0 Å². The topological polar surface area (TPSA) is 60.4 Å². The van der Waals surface area contributed by atoms with Gasteiger partial charge in [0, 0.05) is 63.9 Å². The van der Waals surface area contributed by atoms with Crippen LogP contribution in [-0.2, 0) is 0 Å². The van der Waals surface area contributed by atoms with Crippen molar-refractivity contribution in [1.82, 2.24) is 15.0 Å². The van der Waals surface area contributed by atoms with Gasteiger partial charge in [0.15, 0.2) is 0 Å². The Morgan fingerprint density at radius 2 is 1.55 bits per heavy atom. The molecule has 150 valence electrons. The molecule has 1 aliphatic rings. The maximum absolute atomic E-state index is 4.67. The molecule has 0 saturated carbocycles. The Hall–Kier alpha value is -3.35. The van der Waals surface area contributed by atoms with Crippen molar-refractivity contribution in [3.8, 4) is 0 Å². The molecule has 1 aromatic carbocycles. The summed E-state index contributed by atoms with van der Waals surface area (Å²) in [6, 6.07) is 16.4. The lowest BCUT2D eigenvalue weighted by Crippen LogP contribution is -2.47. The number of nitrogens with one attached hydrogen (secondary N) is 1. The smallest absolute Gasteiger partial charge is 0.136 e. The molecule has 0 aliphatic carbocycles. The van der Waals surface area contributed by atoms with E-state index in [0.29, 0.717) is 0 Å². The van der Waals surface area contributed by atoms with E-state index in [2.05, 4.69) is 65.3 Å². The molecule has 29 heavy (non-hydrogen) atoms. The van der Waals surface area contributed by atoms with E-state index in [1.807, 2.05) is 45.4 Å². The quantitative estimate of drug-likeness (QED) is 0.718. The van der Waals surface area contributed by atoms with Crippen LogP contribution in [0.4, 0.5) is 28.8 Å². The summed E-state index contributed by atoms with van der Waals surface area (Å²) in [6.45, 7) is 5.60. The van der Waals surface area contributed by atoms with Gasteiger partial charge in [-0.05, 0) is 43.3 Å². The predicted octanol–water partition coefficient (Wildman–Crippen LogP) is 3.32. The summed E-state index contributed by atoms with van der Waals surface area (Å²) < 4.78 is 0. The summed E-state index contributed by atoms with van der Waals surface area (Å²) >= 11 is 0. The van der Waals surface area contributed by atoms with E-state index in [1.165, 1.54) is 5.69 Å². The van der Waals surface area contributed by atoms with Crippen molar-refractivity contribution in [1.29, 1.82) is 0 Å². The number of piperazine rings is 1. The van der Waals surface area contributed by atoms with Gasteiger partial charge in [0.25, 0.3) is 0 Å². The molecule has 0 radical (unpaired) electrons. The molecule has 0 amide bonds. The molecule has 0 atom stereocenters. The van der Waals surface area contributed by atoms with Crippen molar-refractivity contribution >= 4 is 28.8 Å². The van der Waals surface area contributed by atoms with Crippen LogP contribution in [0.1, 0.15) is 5.82 Å². The first kappa shape index (κ1) is 19.0. The highest BCUT2D eigenvalue weighted by atomic mass is 15.3. The van der Waals surface area contributed by atoms with Crippen molar-refractivity contribution in [2.75, 3.05) is 60.3 Å². The third-order valence-electron chi connectivity index (χ3n) is 5.06. The molecule has 0 unspecified atom stereocenters. The van der Waals surface area contributed by atoms with Crippen LogP contribution in [0.5, 0.6) is 0 Å². The SMILES string of the molecule is Cc1nc(Nc2ccc(N(C)C)cc2)cc(N2CCN(c3ccccn3)CC2)n1. The zero-order valence-electron chi connectivity index (χ0n) is 17.2. The average molecular weight is 390 g/mol. The first-order valence-corrected chi connectivity index (χ1v) is 9.89. The molecule has 0 spiro atoms. The minimum atomic E-state index is 0.766. The Balaban J connectivity index is 1.44. The summed E-state index contributed by atoms with van der Waals surface area (Å²) in [6.07, 6.45) is 1.85. The number of pyridine rings is 1. The third kappa shape index (κ3) is 4.56. The highest BCUT2D eigenvalue weighted by molar-refractivity contribution is 5.63. The van der Waals surface area contributed by atoms with Gasteiger partial charge in [0.05, 0.1) is 0 Å². The molecule has 1 N–H and O–H groups in total. The summed E-state index contributed by atoms with van der Waals surface area (Å²) in [5, 5.41) is 3.41. The number of aromatic nitrogens is 3. The number of benzene rings is 1. The van der Waals surface area contributed by atoms with E-state index in [-0.39, 0.29) is 0 Å². The molecule has 1 aliphatic heterocycles. The van der Waals surface area contributed by atoms with Crippen LogP contribution >= 0.6 is 0 Å². The van der Waals surface area contributed by atoms with E-state index in [4.69, 9.17) is 0 Å². The highest BCUT2D eigenvalue weighted by Gasteiger charge is 2.19. The minimum absolute atomic E-state index is 0.766. The molecule has 4 rings (SSSR count). The number of aryl methyl sites for hydroxylation is 1. The fraction of sp³-hybridized carbons (Fsp3) is 0.318. The summed E-state index contributed by atoms with van der Waals surface area (Å²) in [5.74, 6) is 3.58. The second-order valence-corrected chi connectivity index (χ2v) is 7.39. The van der Waals surface area contributed by atoms with Crippen LogP contribution in [0.25, 0.3) is 0 Å². The highest BCUT2D eigenvalue weighted by Crippen LogP contribution is 2.23. The molecular formula is C22H27N7. The zero-order valence-corrected chi connectivity index (χ0v) is 17.2.